The molecule has 0 unspecified atom stereocenters. The van der Waals surface area contributed by atoms with E-state index in [9.17, 15) is 5.11 Å². The van der Waals surface area contributed by atoms with Crippen LogP contribution in [0.2, 0.25) is 0 Å². The van der Waals surface area contributed by atoms with Gasteiger partial charge in [-0.3, -0.25) is 5.43 Å². The number of aromatic hydroxyl groups is 2. The Balaban J connectivity index is 2.05. The van der Waals surface area contributed by atoms with Crippen molar-refractivity contribution in [2.45, 2.75) is 6.92 Å². The molecule has 88 valence electrons. The summed E-state index contributed by atoms with van der Waals surface area (Å²) in [5.74, 6) is -0.0312. The van der Waals surface area contributed by atoms with Crippen LogP contribution in [0.15, 0.2) is 23.3 Å². The summed E-state index contributed by atoms with van der Waals surface area (Å²) < 4.78 is 0. The van der Waals surface area contributed by atoms with E-state index < -0.39 is 0 Å². The summed E-state index contributed by atoms with van der Waals surface area (Å²) >= 11 is 1.38. The second-order valence-corrected chi connectivity index (χ2v) is 4.42. The lowest BCUT2D eigenvalue weighted by Crippen LogP contribution is -1.90. The van der Waals surface area contributed by atoms with Gasteiger partial charge in [-0.15, -0.1) is 10.2 Å². The van der Waals surface area contributed by atoms with E-state index in [0.717, 1.165) is 5.01 Å². The number of benzene rings is 1. The molecule has 0 fully saturated rings. The zero-order valence-corrected chi connectivity index (χ0v) is 9.77. The Morgan fingerprint density at radius 3 is 2.82 bits per heavy atom. The number of nitrogens with zero attached hydrogens (tertiary/aromatic N) is 3. The molecule has 0 bridgehead atoms. The van der Waals surface area contributed by atoms with E-state index in [1.165, 1.54) is 29.7 Å². The Morgan fingerprint density at radius 1 is 1.35 bits per heavy atom. The summed E-state index contributed by atoms with van der Waals surface area (Å²) in [5, 5.41) is 31.6. The molecule has 0 spiro atoms. The van der Waals surface area contributed by atoms with Gasteiger partial charge in [0.2, 0.25) is 5.13 Å². The van der Waals surface area contributed by atoms with Crippen LogP contribution >= 0.6 is 11.3 Å². The van der Waals surface area contributed by atoms with Crippen molar-refractivity contribution >= 4 is 22.7 Å². The van der Waals surface area contributed by atoms with Crippen molar-refractivity contribution in [3.05, 3.63) is 28.8 Å². The van der Waals surface area contributed by atoms with Crippen LogP contribution in [-0.4, -0.2) is 26.6 Å². The number of hydrogen-bond acceptors (Lipinski definition) is 7. The van der Waals surface area contributed by atoms with E-state index >= 15 is 0 Å². The Hall–Kier alpha value is -2.15. The van der Waals surface area contributed by atoms with E-state index in [2.05, 4.69) is 20.7 Å². The zero-order valence-electron chi connectivity index (χ0n) is 8.95. The molecule has 0 saturated heterocycles. The standard InChI is InChI=1S/C10H10N4O2S/c1-6-12-14-10(17-6)13-11-5-7-2-3-8(15)4-9(7)16/h2-5,15-16H,1H3,(H,13,14). The molecular formula is C10H10N4O2S. The molecule has 0 aliphatic rings. The van der Waals surface area contributed by atoms with Gasteiger partial charge in [-0.25, -0.2) is 0 Å². The summed E-state index contributed by atoms with van der Waals surface area (Å²) in [6.07, 6.45) is 1.44. The van der Waals surface area contributed by atoms with Crippen LogP contribution in [0.1, 0.15) is 10.6 Å². The molecule has 0 atom stereocenters. The van der Waals surface area contributed by atoms with Gasteiger partial charge in [-0.1, -0.05) is 11.3 Å². The molecular weight excluding hydrogens is 240 g/mol. The Bertz CT molecular complexity index is 553. The zero-order chi connectivity index (χ0) is 12.3. The first-order valence-corrected chi connectivity index (χ1v) is 5.58. The van der Waals surface area contributed by atoms with Crippen LogP contribution in [0.3, 0.4) is 0 Å². The van der Waals surface area contributed by atoms with Crippen molar-refractivity contribution in [1.82, 2.24) is 10.2 Å². The monoisotopic (exact) mass is 250 g/mol. The van der Waals surface area contributed by atoms with Gasteiger partial charge in [-0.2, -0.15) is 5.10 Å². The van der Waals surface area contributed by atoms with E-state index in [1.807, 2.05) is 6.92 Å². The molecule has 1 aromatic heterocycles. The number of aryl methyl sites for hydroxylation is 1. The number of phenolic OH excluding ortho intramolecular Hbond substituents is 2. The number of nitrogens with one attached hydrogen (secondary N) is 1. The topological polar surface area (TPSA) is 90.6 Å². The second kappa shape index (κ2) is 4.79. The molecule has 0 saturated carbocycles. The Labute approximate surface area is 101 Å². The first-order chi connectivity index (χ1) is 8.15. The largest absolute Gasteiger partial charge is 0.508 e. The first kappa shape index (κ1) is 11.3. The number of rotatable bonds is 3. The fourth-order valence-electron chi connectivity index (χ4n) is 1.14. The van der Waals surface area contributed by atoms with Crippen LogP contribution in [0.25, 0.3) is 0 Å². The number of anilines is 1. The predicted molar refractivity (Wildman–Crippen MR) is 65.6 cm³/mol. The Kier molecular flexibility index (Phi) is 3.20. The Morgan fingerprint density at radius 2 is 2.18 bits per heavy atom. The van der Waals surface area contributed by atoms with Gasteiger partial charge in [0.25, 0.3) is 0 Å². The molecule has 1 aromatic carbocycles. The first-order valence-electron chi connectivity index (χ1n) is 4.76. The molecule has 0 radical (unpaired) electrons. The minimum absolute atomic E-state index is 0.00681. The second-order valence-electron chi connectivity index (χ2n) is 3.24. The summed E-state index contributed by atoms with van der Waals surface area (Å²) in [5.41, 5.74) is 3.19. The third-order valence-electron chi connectivity index (χ3n) is 1.90. The van der Waals surface area contributed by atoms with E-state index in [-0.39, 0.29) is 11.5 Å². The third-order valence-corrected chi connectivity index (χ3v) is 2.65. The van der Waals surface area contributed by atoms with Gasteiger partial charge in [0, 0.05) is 11.6 Å². The van der Waals surface area contributed by atoms with Gasteiger partial charge >= 0.3 is 0 Å². The fourth-order valence-corrected chi connectivity index (χ4v) is 1.68. The number of phenols is 2. The van der Waals surface area contributed by atoms with Crippen molar-refractivity contribution in [3.8, 4) is 11.5 Å². The summed E-state index contributed by atoms with van der Waals surface area (Å²) in [6.45, 7) is 1.85. The average molecular weight is 250 g/mol. The van der Waals surface area contributed by atoms with E-state index in [4.69, 9.17) is 5.11 Å². The highest BCUT2D eigenvalue weighted by atomic mass is 32.1. The van der Waals surface area contributed by atoms with Crippen molar-refractivity contribution in [3.63, 3.8) is 0 Å². The fraction of sp³-hybridized carbons (Fsp3) is 0.100. The molecule has 2 rings (SSSR count). The summed E-state index contributed by atoms with van der Waals surface area (Å²) in [6, 6.07) is 4.27. The molecule has 1 heterocycles. The van der Waals surface area contributed by atoms with Gasteiger partial charge in [0.1, 0.15) is 16.5 Å². The van der Waals surface area contributed by atoms with Crippen LogP contribution < -0.4 is 5.43 Å². The maximum absolute atomic E-state index is 9.49. The number of hydrazone groups is 1. The van der Waals surface area contributed by atoms with Crippen LogP contribution in [-0.2, 0) is 0 Å². The minimum atomic E-state index is -0.0380. The molecule has 17 heavy (non-hydrogen) atoms. The van der Waals surface area contributed by atoms with Gasteiger partial charge in [0.15, 0.2) is 0 Å². The molecule has 0 aliphatic carbocycles. The quantitative estimate of drug-likeness (QED) is 0.569. The molecule has 0 amide bonds. The van der Waals surface area contributed by atoms with Crippen molar-refractivity contribution < 1.29 is 10.2 Å². The van der Waals surface area contributed by atoms with Crippen molar-refractivity contribution in [2.24, 2.45) is 5.10 Å². The van der Waals surface area contributed by atoms with Crippen LogP contribution in [0.4, 0.5) is 5.13 Å². The molecule has 0 aliphatic heterocycles. The summed E-state index contributed by atoms with van der Waals surface area (Å²) in [7, 11) is 0. The predicted octanol–water partition coefficient (Wildman–Crippen LogP) is 1.70. The lowest BCUT2D eigenvalue weighted by molar-refractivity contribution is 0.450. The normalized spacial score (nSPS) is 10.9. The average Bonchev–Trinajstić information content (AvgIpc) is 2.68. The SMILES string of the molecule is Cc1nnc(NN=Cc2ccc(O)cc2O)s1. The molecule has 2 aromatic rings. The van der Waals surface area contributed by atoms with Crippen LogP contribution in [0, 0.1) is 6.92 Å². The van der Waals surface area contributed by atoms with Gasteiger partial charge in [-0.05, 0) is 19.1 Å². The maximum Gasteiger partial charge on any atom is 0.225 e. The van der Waals surface area contributed by atoms with Crippen molar-refractivity contribution in [2.75, 3.05) is 5.43 Å². The molecule has 3 N–H and O–H groups in total. The van der Waals surface area contributed by atoms with Gasteiger partial charge in [0.05, 0.1) is 6.21 Å². The number of hydrogen-bond donors (Lipinski definition) is 3. The lowest BCUT2D eigenvalue weighted by atomic mass is 10.2. The maximum atomic E-state index is 9.49. The molecule has 7 heteroatoms. The molecule has 6 nitrogen and oxygen atoms in total. The highest BCUT2D eigenvalue weighted by Gasteiger charge is 2.00. The lowest BCUT2D eigenvalue weighted by Gasteiger charge is -1.98. The third kappa shape index (κ3) is 2.91. The van der Waals surface area contributed by atoms with Crippen LogP contribution in [0.5, 0.6) is 11.5 Å². The highest BCUT2D eigenvalue weighted by molar-refractivity contribution is 7.15. The smallest absolute Gasteiger partial charge is 0.225 e. The van der Waals surface area contributed by atoms with Gasteiger partial charge < -0.3 is 10.2 Å². The van der Waals surface area contributed by atoms with E-state index in [1.54, 1.807) is 6.07 Å². The summed E-state index contributed by atoms with van der Waals surface area (Å²) in [4.78, 5) is 0. The highest BCUT2D eigenvalue weighted by Crippen LogP contribution is 2.21. The van der Waals surface area contributed by atoms with E-state index in [0.29, 0.717) is 10.7 Å². The van der Waals surface area contributed by atoms with Crippen molar-refractivity contribution in [1.29, 1.82) is 0 Å². The minimum Gasteiger partial charge on any atom is -0.508 e. The number of aromatic nitrogens is 2.